The first-order chi connectivity index (χ1) is 9.20. The molecule has 0 spiro atoms. The van der Waals surface area contributed by atoms with Gasteiger partial charge < -0.3 is 0 Å². The molecule has 0 radical (unpaired) electrons. The molecular weight excluding hydrogens is 252 g/mol. The zero-order chi connectivity index (χ0) is 13.7. The van der Waals surface area contributed by atoms with E-state index in [4.69, 9.17) is 0 Å². The van der Waals surface area contributed by atoms with Crippen molar-refractivity contribution in [1.29, 1.82) is 5.26 Å². The van der Waals surface area contributed by atoms with Crippen molar-refractivity contribution in [2.75, 3.05) is 0 Å². The van der Waals surface area contributed by atoms with E-state index in [0.717, 1.165) is 12.1 Å². The number of nitriles is 1. The highest BCUT2D eigenvalue weighted by Gasteiger charge is 2.10. The highest BCUT2D eigenvalue weighted by molar-refractivity contribution is 7.09. The summed E-state index contributed by atoms with van der Waals surface area (Å²) in [5.41, 5.74) is 2.34. The number of nitrogens with zero attached hydrogens (tertiary/aromatic N) is 1. The summed E-state index contributed by atoms with van der Waals surface area (Å²) in [5, 5.41) is 14.6. The second-order valence-electron chi connectivity index (χ2n) is 4.84. The molecule has 1 unspecified atom stereocenters. The van der Waals surface area contributed by atoms with Gasteiger partial charge in [0.25, 0.3) is 0 Å². The molecule has 0 amide bonds. The normalized spacial score (nSPS) is 12.3. The van der Waals surface area contributed by atoms with Crippen LogP contribution in [-0.4, -0.2) is 0 Å². The molecule has 98 valence electrons. The van der Waals surface area contributed by atoms with E-state index in [-0.39, 0.29) is 6.04 Å². The first-order valence-electron chi connectivity index (χ1n) is 6.46. The predicted molar refractivity (Wildman–Crippen MR) is 80.0 cm³/mol. The first kappa shape index (κ1) is 13.8. The fourth-order valence-corrected chi connectivity index (χ4v) is 2.58. The maximum atomic E-state index is 9.28. The standard InChI is InChI=1S/C16H18N2S/c1-12(2)13-5-7-14(8-6-13)16(10-17)18-11-15-4-3-9-19-15/h3-9,12,16,18H,11H2,1-2H3. The van der Waals surface area contributed by atoms with Crippen molar-refractivity contribution >= 4 is 11.3 Å². The zero-order valence-electron chi connectivity index (χ0n) is 11.3. The van der Waals surface area contributed by atoms with Gasteiger partial charge in [0, 0.05) is 11.4 Å². The Bertz CT molecular complexity index is 535. The van der Waals surface area contributed by atoms with Gasteiger partial charge in [0.05, 0.1) is 6.07 Å². The van der Waals surface area contributed by atoms with E-state index in [1.165, 1.54) is 10.4 Å². The average molecular weight is 270 g/mol. The van der Waals surface area contributed by atoms with Crippen LogP contribution in [0, 0.1) is 11.3 Å². The minimum atomic E-state index is -0.247. The van der Waals surface area contributed by atoms with Gasteiger partial charge in [0.15, 0.2) is 0 Å². The van der Waals surface area contributed by atoms with Gasteiger partial charge >= 0.3 is 0 Å². The van der Waals surface area contributed by atoms with Crippen LogP contribution in [0.15, 0.2) is 41.8 Å². The molecule has 1 heterocycles. The molecule has 0 aliphatic carbocycles. The van der Waals surface area contributed by atoms with E-state index in [1.807, 2.05) is 18.2 Å². The summed E-state index contributed by atoms with van der Waals surface area (Å²) in [5.74, 6) is 0.522. The number of thiophene rings is 1. The van der Waals surface area contributed by atoms with Gasteiger partial charge in [0.1, 0.15) is 6.04 Å². The monoisotopic (exact) mass is 270 g/mol. The Morgan fingerprint density at radius 1 is 1.16 bits per heavy atom. The van der Waals surface area contributed by atoms with Crippen LogP contribution < -0.4 is 5.32 Å². The Kier molecular flexibility index (Phi) is 4.73. The molecule has 0 aliphatic rings. The van der Waals surface area contributed by atoms with Gasteiger partial charge in [0.2, 0.25) is 0 Å². The van der Waals surface area contributed by atoms with E-state index in [1.54, 1.807) is 11.3 Å². The molecule has 19 heavy (non-hydrogen) atoms. The number of nitrogens with one attached hydrogen (secondary N) is 1. The van der Waals surface area contributed by atoms with Gasteiger partial charge in [-0.2, -0.15) is 5.26 Å². The van der Waals surface area contributed by atoms with E-state index < -0.39 is 0 Å². The number of benzene rings is 1. The van der Waals surface area contributed by atoms with Gasteiger partial charge in [-0.1, -0.05) is 44.2 Å². The van der Waals surface area contributed by atoms with Crippen LogP contribution in [0.5, 0.6) is 0 Å². The summed E-state index contributed by atoms with van der Waals surface area (Å²) in [6.07, 6.45) is 0. The fourth-order valence-electron chi connectivity index (χ4n) is 1.93. The van der Waals surface area contributed by atoms with Crippen LogP contribution in [0.1, 0.15) is 41.8 Å². The van der Waals surface area contributed by atoms with E-state index in [2.05, 4.69) is 48.8 Å². The van der Waals surface area contributed by atoms with Crippen molar-refractivity contribution in [3.63, 3.8) is 0 Å². The molecule has 2 rings (SSSR count). The SMILES string of the molecule is CC(C)c1ccc(C(C#N)NCc2cccs2)cc1. The fraction of sp³-hybridized carbons (Fsp3) is 0.312. The van der Waals surface area contributed by atoms with Crippen LogP contribution >= 0.6 is 11.3 Å². The Labute approximate surface area is 118 Å². The number of rotatable bonds is 5. The third-order valence-corrected chi connectivity index (χ3v) is 4.00. The molecule has 2 nitrogen and oxygen atoms in total. The van der Waals surface area contributed by atoms with Crippen molar-refractivity contribution in [1.82, 2.24) is 5.32 Å². The Hall–Kier alpha value is -1.63. The average Bonchev–Trinajstić information content (AvgIpc) is 2.93. The van der Waals surface area contributed by atoms with E-state index in [0.29, 0.717) is 5.92 Å². The molecule has 0 saturated carbocycles. The first-order valence-corrected chi connectivity index (χ1v) is 7.34. The van der Waals surface area contributed by atoms with E-state index in [9.17, 15) is 5.26 Å². The van der Waals surface area contributed by atoms with Crippen molar-refractivity contribution in [3.05, 3.63) is 57.8 Å². The smallest absolute Gasteiger partial charge is 0.121 e. The number of hydrogen-bond donors (Lipinski definition) is 1. The molecule has 1 aromatic heterocycles. The predicted octanol–water partition coefficient (Wildman–Crippen LogP) is 4.23. The highest BCUT2D eigenvalue weighted by Crippen LogP contribution is 2.19. The summed E-state index contributed by atoms with van der Waals surface area (Å²) in [7, 11) is 0. The van der Waals surface area contributed by atoms with Gasteiger partial charge in [-0.05, 0) is 28.5 Å². The lowest BCUT2D eigenvalue weighted by molar-refractivity contribution is 0.635. The molecule has 0 saturated heterocycles. The van der Waals surface area contributed by atoms with Crippen molar-refractivity contribution in [3.8, 4) is 6.07 Å². The maximum Gasteiger partial charge on any atom is 0.121 e. The number of hydrogen-bond acceptors (Lipinski definition) is 3. The van der Waals surface area contributed by atoms with Crippen molar-refractivity contribution in [2.24, 2.45) is 0 Å². The summed E-state index contributed by atoms with van der Waals surface area (Å²) >= 11 is 1.71. The van der Waals surface area contributed by atoms with Crippen LogP contribution in [0.4, 0.5) is 0 Å². The second-order valence-corrected chi connectivity index (χ2v) is 5.88. The second kappa shape index (κ2) is 6.51. The third kappa shape index (κ3) is 3.66. The molecule has 1 aromatic carbocycles. The van der Waals surface area contributed by atoms with Crippen molar-refractivity contribution < 1.29 is 0 Å². The molecule has 3 heteroatoms. The minimum Gasteiger partial charge on any atom is -0.293 e. The molecule has 0 aliphatic heterocycles. The molecular formula is C16H18N2S. The summed E-state index contributed by atoms with van der Waals surface area (Å²) in [4.78, 5) is 1.25. The lowest BCUT2D eigenvalue weighted by Gasteiger charge is -2.12. The van der Waals surface area contributed by atoms with Gasteiger partial charge in [-0.25, -0.2) is 0 Å². The van der Waals surface area contributed by atoms with Gasteiger partial charge in [-0.15, -0.1) is 11.3 Å². The maximum absolute atomic E-state index is 9.28. The molecule has 1 atom stereocenters. The Morgan fingerprint density at radius 2 is 1.84 bits per heavy atom. The summed E-state index contributed by atoms with van der Waals surface area (Å²) in [6.45, 7) is 5.08. The summed E-state index contributed by atoms with van der Waals surface area (Å²) < 4.78 is 0. The Morgan fingerprint density at radius 3 is 2.37 bits per heavy atom. The van der Waals surface area contributed by atoms with E-state index >= 15 is 0 Å². The zero-order valence-corrected chi connectivity index (χ0v) is 12.1. The quantitative estimate of drug-likeness (QED) is 0.882. The van der Waals surface area contributed by atoms with Gasteiger partial charge in [-0.3, -0.25) is 5.32 Å². The lowest BCUT2D eigenvalue weighted by Crippen LogP contribution is -2.18. The molecule has 0 fully saturated rings. The largest absolute Gasteiger partial charge is 0.293 e. The van der Waals surface area contributed by atoms with Crippen LogP contribution in [0.3, 0.4) is 0 Å². The molecule has 1 N–H and O–H groups in total. The molecule has 2 aromatic rings. The minimum absolute atomic E-state index is 0.247. The van der Waals surface area contributed by atoms with Crippen LogP contribution in [0.25, 0.3) is 0 Å². The van der Waals surface area contributed by atoms with Crippen LogP contribution in [-0.2, 0) is 6.54 Å². The summed E-state index contributed by atoms with van der Waals surface area (Å²) in [6, 6.07) is 14.5. The van der Waals surface area contributed by atoms with Crippen LogP contribution in [0.2, 0.25) is 0 Å². The Balaban J connectivity index is 2.03. The molecule has 0 bridgehead atoms. The lowest BCUT2D eigenvalue weighted by atomic mass is 9.99. The highest BCUT2D eigenvalue weighted by atomic mass is 32.1. The third-order valence-electron chi connectivity index (χ3n) is 3.13. The van der Waals surface area contributed by atoms with Crippen molar-refractivity contribution in [2.45, 2.75) is 32.4 Å². The topological polar surface area (TPSA) is 35.8 Å².